The van der Waals surface area contributed by atoms with Gasteiger partial charge in [-0.15, -0.1) is 0 Å². The largest absolute Gasteiger partial charge is 0.497 e. The number of nitrogens with one attached hydrogen (secondary N) is 1. The molecule has 1 atom stereocenters. The summed E-state index contributed by atoms with van der Waals surface area (Å²) in [6.07, 6.45) is 0.0145. The Hall–Kier alpha value is -1.82. The number of halogens is 1. The second kappa shape index (κ2) is 6.94. The summed E-state index contributed by atoms with van der Waals surface area (Å²) in [6, 6.07) is 3.60. The highest BCUT2D eigenvalue weighted by Crippen LogP contribution is 2.20. The third-order valence-corrected chi connectivity index (χ3v) is 2.59. The van der Waals surface area contributed by atoms with Gasteiger partial charge in [0.05, 0.1) is 13.2 Å². The van der Waals surface area contributed by atoms with E-state index in [0.29, 0.717) is 24.4 Å². The quantitative estimate of drug-likeness (QED) is 0.861. The Labute approximate surface area is 112 Å². The maximum Gasteiger partial charge on any atom is 0.321 e. The first-order valence-corrected chi connectivity index (χ1v) is 5.97. The lowest BCUT2D eigenvalue weighted by molar-refractivity contribution is 0.167. The van der Waals surface area contributed by atoms with Crippen LogP contribution in [0.4, 0.5) is 14.9 Å². The van der Waals surface area contributed by atoms with Gasteiger partial charge in [-0.1, -0.05) is 0 Å². The van der Waals surface area contributed by atoms with E-state index in [9.17, 15) is 9.18 Å². The van der Waals surface area contributed by atoms with Crippen molar-refractivity contribution < 1.29 is 19.0 Å². The van der Waals surface area contributed by atoms with Crippen molar-refractivity contribution >= 4 is 11.7 Å². The van der Waals surface area contributed by atoms with Gasteiger partial charge in [-0.25, -0.2) is 9.18 Å². The van der Waals surface area contributed by atoms with Crippen molar-refractivity contribution in [1.29, 1.82) is 0 Å². The highest BCUT2D eigenvalue weighted by Gasteiger charge is 2.11. The number of aliphatic hydroxyl groups excluding tert-OH is 1. The molecule has 0 aliphatic rings. The summed E-state index contributed by atoms with van der Waals surface area (Å²) < 4.78 is 18.2. The zero-order valence-electron chi connectivity index (χ0n) is 11.3. The van der Waals surface area contributed by atoms with E-state index in [2.05, 4.69) is 5.32 Å². The van der Waals surface area contributed by atoms with E-state index in [-0.39, 0.29) is 6.03 Å². The van der Waals surface area contributed by atoms with E-state index >= 15 is 0 Å². The predicted octanol–water partition coefficient (Wildman–Crippen LogP) is 2.07. The van der Waals surface area contributed by atoms with Crippen LogP contribution in [0.3, 0.4) is 0 Å². The van der Waals surface area contributed by atoms with E-state index in [0.717, 1.165) is 0 Å². The summed E-state index contributed by atoms with van der Waals surface area (Å²) in [7, 11) is 3.03. The number of carbonyl (C=O) groups is 1. The zero-order chi connectivity index (χ0) is 14.4. The molecule has 0 bridgehead atoms. The molecule has 106 valence electrons. The summed E-state index contributed by atoms with van der Waals surface area (Å²) in [5.74, 6) is -0.150. The molecule has 0 heterocycles. The zero-order valence-corrected chi connectivity index (χ0v) is 11.3. The number of urea groups is 1. The number of hydrogen-bond acceptors (Lipinski definition) is 3. The van der Waals surface area contributed by atoms with Crippen LogP contribution in [0, 0.1) is 5.82 Å². The predicted molar refractivity (Wildman–Crippen MR) is 70.9 cm³/mol. The van der Waals surface area contributed by atoms with Crippen LogP contribution in [0.2, 0.25) is 0 Å². The normalized spacial score (nSPS) is 11.8. The molecule has 0 saturated carbocycles. The van der Waals surface area contributed by atoms with Crippen LogP contribution < -0.4 is 10.1 Å². The Morgan fingerprint density at radius 1 is 1.53 bits per heavy atom. The molecule has 0 fully saturated rings. The highest BCUT2D eigenvalue weighted by atomic mass is 19.1. The molecule has 6 heteroatoms. The first-order valence-electron chi connectivity index (χ1n) is 5.97. The number of methoxy groups -OCH3 is 1. The second-order valence-electron chi connectivity index (χ2n) is 4.37. The Kier molecular flexibility index (Phi) is 5.57. The van der Waals surface area contributed by atoms with Crippen molar-refractivity contribution in [3.05, 3.63) is 24.0 Å². The van der Waals surface area contributed by atoms with Gasteiger partial charge in [0.15, 0.2) is 0 Å². The van der Waals surface area contributed by atoms with E-state index < -0.39 is 11.9 Å². The van der Waals surface area contributed by atoms with E-state index in [4.69, 9.17) is 9.84 Å². The molecule has 5 nitrogen and oxygen atoms in total. The van der Waals surface area contributed by atoms with Gasteiger partial charge in [0.1, 0.15) is 11.6 Å². The number of rotatable bonds is 5. The molecule has 1 aromatic carbocycles. The summed E-state index contributed by atoms with van der Waals surface area (Å²) in [4.78, 5) is 13.2. The average Bonchev–Trinajstić information content (AvgIpc) is 2.34. The summed E-state index contributed by atoms with van der Waals surface area (Å²) in [6.45, 7) is 2.07. The molecule has 0 saturated heterocycles. The van der Waals surface area contributed by atoms with Gasteiger partial charge in [0.2, 0.25) is 0 Å². The number of carbonyl (C=O) groups excluding carboxylic acids is 1. The fourth-order valence-corrected chi connectivity index (χ4v) is 1.45. The van der Waals surface area contributed by atoms with E-state index in [1.165, 1.54) is 30.2 Å². The van der Waals surface area contributed by atoms with E-state index in [1.807, 2.05) is 0 Å². The molecule has 0 aromatic heterocycles. The van der Waals surface area contributed by atoms with Crippen LogP contribution in [-0.2, 0) is 0 Å². The van der Waals surface area contributed by atoms with Crippen LogP contribution in [0.5, 0.6) is 5.75 Å². The van der Waals surface area contributed by atoms with Crippen LogP contribution in [0.1, 0.15) is 13.3 Å². The number of benzene rings is 1. The lowest BCUT2D eigenvalue weighted by Gasteiger charge is -2.19. The Morgan fingerprint density at radius 2 is 2.21 bits per heavy atom. The van der Waals surface area contributed by atoms with Crippen LogP contribution >= 0.6 is 0 Å². The SMILES string of the molecule is COc1cc(F)cc(NC(=O)N(C)CCC(C)O)c1. The summed E-state index contributed by atoms with van der Waals surface area (Å²) in [5, 5.41) is 11.7. The van der Waals surface area contributed by atoms with Crippen molar-refractivity contribution in [3.63, 3.8) is 0 Å². The maximum atomic E-state index is 13.2. The molecular weight excluding hydrogens is 251 g/mol. The molecule has 2 N–H and O–H groups in total. The molecule has 1 unspecified atom stereocenters. The van der Waals surface area contributed by atoms with Crippen molar-refractivity contribution in [1.82, 2.24) is 4.90 Å². The van der Waals surface area contributed by atoms with Crippen molar-refractivity contribution in [2.75, 3.05) is 26.0 Å². The fraction of sp³-hybridized carbons (Fsp3) is 0.462. The van der Waals surface area contributed by atoms with Crippen molar-refractivity contribution in [2.24, 2.45) is 0 Å². The molecule has 0 aliphatic carbocycles. The van der Waals surface area contributed by atoms with Gasteiger partial charge in [-0.2, -0.15) is 0 Å². The minimum absolute atomic E-state index is 0.325. The topological polar surface area (TPSA) is 61.8 Å². The molecule has 2 amide bonds. The second-order valence-corrected chi connectivity index (χ2v) is 4.37. The van der Waals surface area contributed by atoms with Gasteiger partial charge >= 0.3 is 6.03 Å². The van der Waals surface area contributed by atoms with Crippen LogP contribution in [0.25, 0.3) is 0 Å². The third kappa shape index (κ3) is 5.13. The average molecular weight is 270 g/mol. The molecular formula is C13H19FN2O3. The number of hydrogen-bond donors (Lipinski definition) is 2. The fourth-order valence-electron chi connectivity index (χ4n) is 1.45. The van der Waals surface area contributed by atoms with Gasteiger partial charge in [-0.05, 0) is 19.4 Å². The number of aliphatic hydroxyl groups is 1. The molecule has 0 aliphatic heterocycles. The minimum Gasteiger partial charge on any atom is -0.497 e. The molecule has 19 heavy (non-hydrogen) atoms. The first-order chi connectivity index (χ1) is 8.92. The molecule has 1 rings (SSSR count). The summed E-state index contributed by atoms with van der Waals surface area (Å²) >= 11 is 0. The standard InChI is InChI=1S/C13H19FN2O3/c1-9(17)4-5-16(2)13(18)15-11-6-10(14)7-12(8-11)19-3/h6-9,17H,4-5H2,1-3H3,(H,15,18). The third-order valence-electron chi connectivity index (χ3n) is 2.59. The summed E-state index contributed by atoms with van der Waals surface area (Å²) in [5.41, 5.74) is 0.325. The molecule has 1 aromatic rings. The molecule has 0 radical (unpaired) electrons. The number of nitrogens with zero attached hydrogens (tertiary/aromatic N) is 1. The monoisotopic (exact) mass is 270 g/mol. The van der Waals surface area contributed by atoms with Crippen LogP contribution in [0.15, 0.2) is 18.2 Å². The van der Waals surface area contributed by atoms with Gasteiger partial charge < -0.3 is 20.1 Å². The van der Waals surface area contributed by atoms with Crippen molar-refractivity contribution in [3.8, 4) is 5.75 Å². The highest BCUT2D eigenvalue weighted by molar-refractivity contribution is 5.89. The Morgan fingerprint density at radius 3 is 2.79 bits per heavy atom. The lowest BCUT2D eigenvalue weighted by atomic mass is 10.2. The molecule has 0 spiro atoms. The van der Waals surface area contributed by atoms with Gasteiger partial charge in [0.25, 0.3) is 0 Å². The lowest BCUT2D eigenvalue weighted by Crippen LogP contribution is -2.33. The Bertz CT molecular complexity index is 438. The number of amides is 2. The minimum atomic E-state index is -0.485. The first kappa shape index (κ1) is 15.2. The van der Waals surface area contributed by atoms with Crippen LogP contribution in [-0.4, -0.2) is 42.8 Å². The smallest absolute Gasteiger partial charge is 0.321 e. The van der Waals surface area contributed by atoms with Crippen molar-refractivity contribution in [2.45, 2.75) is 19.4 Å². The van der Waals surface area contributed by atoms with Gasteiger partial charge in [0, 0.05) is 31.4 Å². The number of anilines is 1. The van der Waals surface area contributed by atoms with E-state index in [1.54, 1.807) is 14.0 Å². The van der Waals surface area contributed by atoms with Gasteiger partial charge in [-0.3, -0.25) is 0 Å². The Balaban J connectivity index is 2.63. The maximum absolute atomic E-state index is 13.2. The number of ether oxygens (including phenoxy) is 1.